The molecule has 4 nitrogen and oxygen atoms in total. The Balaban J connectivity index is 2.05. The molecule has 1 aromatic heterocycles. The molecule has 0 saturated heterocycles. The molecule has 1 heterocycles. The van der Waals surface area contributed by atoms with Gasteiger partial charge in [0.05, 0.1) is 18.2 Å². The summed E-state index contributed by atoms with van der Waals surface area (Å²) in [6, 6.07) is 5.43. The molecule has 2 aromatic rings. The van der Waals surface area contributed by atoms with Gasteiger partial charge in [-0.2, -0.15) is 0 Å². The summed E-state index contributed by atoms with van der Waals surface area (Å²) in [4.78, 5) is 17.3. The van der Waals surface area contributed by atoms with E-state index in [9.17, 15) is 9.90 Å². The van der Waals surface area contributed by atoms with E-state index in [1.54, 1.807) is 11.7 Å². The summed E-state index contributed by atoms with van der Waals surface area (Å²) >= 11 is 1.52. The van der Waals surface area contributed by atoms with Crippen LogP contribution in [-0.4, -0.2) is 28.6 Å². The molecule has 0 aliphatic rings. The molecule has 0 aliphatic carbocycles. The zero-order valence-corrected chi connectivity index (χ0v) is 12.4. The second-order valence-corrected chi connectivity index (χ2v) is 5.81. The van der Waals surface area contributed by atoms with Crippen molar-refractivity contribution in [2.45, 2.75) is 26.3 Å². The van der Waals surface area contributed by atoms with Crippen molar-refractivity contribution >= 4 is 17.2 Å². The predicted octanol–water partition coefficient (Wildman–Crippen LogP) is 2.09. The highest BCUT2D eigenvalue weighted by Crippen LogP contribution is 2.12. The van der Waals surface area contributed by atoms with Crippen LogP contribution in [0.5, 0.6) is 0 Å². The first kappa shape index (κ1) is 14.7. The van der Waals surface area contributed by atoms with Gasteiger partial charge in [0.15, 0.2) is 0 Å². The lowest BCUT2D eigenvalue weighted by Crippen LogP contribution is -2.39. The summed E-state index contributed by atoms with van der Waals surface area (Å²) in [5.74, 6) is -0.147. The molecule has 5 heteroatoms. The number of carbonyl (C=O) groups excluding carboxylic acids is 1. The number of aliphatic hydroxyl groups excluding tert-OH is 1. The molecule has 106 valence electrons. The van der Waals surface area contributed by atoms with E-state index >= 15 is 0 Å². The fourth-order valence-electron chi connectivity index (χ4n) is 2.08. The Morgan fingerprint density at radius 3 is 2.85 bits per heavy atom. The third-order valence-corrected chi connectivity index (χ3v) is 3.92. The number of amides is 1. The van der Waals surface area contributed by atoms with Crippen LogP contribution >= 0.6 is 11.3 Å². The molecule has 0 spiro atoms. The van der Waals surface area contributed by atoms with Gasteiger partial charge in [0.2, 0.25) is 0 Å². The molecule has 0 bridgehead atoms. The van der Waals surface area contributed by atoms with Crippen LogP contribution in [0.1, 0.15) is 26.4 Å². The maximum atomic E-state index is 12.2. The first-order valence-corrected chi connectivity index (χ1v) is 7.34. The van der Waals surface area contributed by atoms with Gasteiger partial charge in [0.25, 0.3) is 5.91 Å². The van der Waals surface area contributed by atoms with Gasteiger partial charge in [0.1, 0.15) is 0 Å². The number of aromatic nitrogens is 1. The maximum Gasteiger partial charge on any atom is 0.251 e. The Labute approximate surface area is 122 Å². The number of benzene rings is 1. The molecule has 1 aromatic carbocycles. The summed E-state index contributed by atoms with van der Waals surface area (Å²) in [5.41, 5.74) is 4.47. The third kappa shape index (κ3) is 3.65. The quantitative estimate of drug-likeness (QED) is 0.886. The SMILES string of the molecule is Cc1ccc(C(=O)NC(CO)Cc2cncs2)c(C)c1. The van der Waals surface area contributed by atoms with Crippen molar-refractivity contribution in [1.82, 2.24) is 10.3 Å². The van der Waals surface area contributed by atoms with E-state index in [0.717, 1.165) is 16.0 Å². The molecule has 0 radical (unpaired) electrons. The number of thiazole rings is 1. The lowest BCUT2D eigenvalue weighted by atomic mass is 10.0. The van der Waals surface area contributed by atoms with Gasteiger partial charge in [-0.25, -0.2) is 0 Å². The highest BCUT2D eigenvalue weighted by molar-refractivity contribution is 7.09. The maximum absolute atomic E-state index is 12.2. The molecule has 1 amide bonds. The van der Waals surface area contributed by atoms with Crippen LogP contribution in [0.25, 0.3) is 0 Å². The Morgan fingerprint density at radius 1 is 1.45 bits per heavy atom. The fraction of sp³-hybridized carbons (Fsp3) is 0.333. The van der Waals surface area contributed by atoms with Crippen LogP contribution in [0.3, 0.4) is 0 Å². The lowest BCUT2D eigenvalue weighted by Gasteiger charge is -2.16. The van der Waals surface area contributed by atoms with Crippen molar-refractivity contribution in [3.8, 4) is 0 Å². The minimum absolute atomic E-state index is 0.0887. The highest BCUT2D eigenvalue weighted by Gasteiger charge is 2.15. The van der Waals surface area contributed by atoms with Crippen LogP contribution in [0, 0.1) is 13.8 Å². The molecular formula is C15H18N2O2S. The standard InChI is InChI=1S/C15H18N2O2S/c1-10-3-4-14(11(2)5-10)15(19)17-12(8-18)6-13-7-16-9-20-13/h3-5,7,9,12,18H,6,8H2,1-2H3,(H,17,19). The Morgan fingerprint density at radius 2 is 2.25 bits per heavy atom. The van der Waals surface area contributed by atoms with Gasteiger partial charge in [-0.1, -0.05) is 17.7 Å². The number of hydrogen-bond donors (Lipinski definition) is 2. The summed E-state index contributed by atoms with van der Waals surface area (Å²) in [7, 11) is 0. The zero-order chi connectivity index (χ0) is 14.5. The Bertz CT molecular complexity index is 582. The van der Waals surface area contributed by atoms with Gasteiger partial charge < -0.3 is 10.4 Å². The number of nitrogens with one attached hydrogen (secondary N) is 1. The average Bonchev–Trinajstić information content (AvgIpc) is 2.90. The van der Waals surface area contributed by atoms with E-state index in [0.29, 0.717) is 12.0 Å². The molecule has 2 N–H and O–H groups in total. The van der Waals surface area contributed by atoms with Crippen molar-refractivity contribution in [2.75, 3.05) is 6.61 Å². The minimum Gasteiger partial charge on any atom is -0.394 e. The van der Waals surface area contributed by atoms with E-state index in [2.05, 4.69) is 10.3 Å². The number of rotatable bonds is 5. The Hall–Kier alpha value is -1.72. The molecule has 1 atom stereocenters. The number of aliphatic hydroxyl groups is 1. The Kier molecular flexibility index (Phi) is 4.87. The van der Waals surface area contributed by atoms with E-state index in [1.165, 1.54) is 11.3 Å². The van der Waals surface area contributed by atoms with Crippen LogP contribution in [0.4, 0.5) is 0 Å². The lowest BCUT2D eigenvalue weighted by molar-refractivity contribution is 0.0916. The monoisotopic (exact) mass is 290 g/mol. The van der Waals surface area contributed by atoms with Gasteiger partial charge in [-0.3, -0.25) is 9.78 Å². The van der Waals surface area contributed by atoms with Crippen LogP contribution in [0.15, 0.2) is 29.9 Å². The van der Waals surface area contributed by atoms with Crippen molar-refractivity contribution in [1.29, 1.82) is 0 Å². The van der Waals surface area contributed by atoms with E-state index in [1.807, 2.05) is 32.0 Å². The highest BCUT2D eigenvalue weighted by atomic mass is 32.1. The van der Waals surface area contributed by atoms with E-state index in [4.69, 9.17) is 0 Å². The largest absolute Gasteiger partial charge is 0.394 e. The summed E-state index contributed by atoms with van der Waals surface area (Å²) < 4.78 is 0. The van der Waals surface area contributed by atoms with Crippen molar-refractivity contribution in [3.63, 3.8) is 0 Å². The van der Waals surface area contributed by atoms with Gasteiger partial charge in [-0.15, -0.1) is 11.3 Å². The van der Waals surface area contributed by atoms with E-state index < -0.39 is 0 Å². The smallest absolute Gasteiger partial charge is 0.251 e. The molecule has 2 rings (SSSR count). The summed E-state index contributed by atoms with van der Waals surface area (Å²) in [6.45, 7) is 3.82. The van der Waals surface area contributed by atoms with Crippen LogP contribution in [0.2, 0.25) is 0 Å². The molecule has 1 unspecified atom stereocenters. The van der Waals surface area contributed by atoms with E-state index in [-0.39, 0.29) is 18.6 Å². The topological polar surface area (TPSA) is 62.2 Å². The number of carbonyl (C=O) groups is 1. The van der Waals surface area contributed by atoms with Gasteiger partial charge in [-0.05, 0) is 25.5 Å². The van der Waals surface area contributed by atoms with Crippen molar-refractivity contribution < 1.29 is 9.90 Å². The number of hydrogen-bond acceptors (Lipinski definition) is 4. The molecule has 0 fully saturated rings. The molecular weight excluding hydrogens is 272 g/mol. The molecule has 0 aliphatic heterocycles. The van der Waals surface area contributed by atoms with Crippen LogP contribution < -0.4 is 5.32 Å². The minimum atomic E-state index is -0.288. The summed E-state index contributed by atoms with van der Waals surface area (Å²) in [6.07, 6.45) is 2.36. The average molecular weight is 290 g/mol. The first-order valence-electron chi connectivity index (χ1n) is 6.46. The number of nitrogens with zero attached hydrogens (tertiary/aromatic N) is 1. The number of aryl methyl sites for hydroxylation is 2. The fourth-order valence-corrected chi connectivity index (χ4v) is 2.75. The first-order chi connectivity index (χ1) is 9.60. The second kappa shape index (κ2) is 6.63. The van der Waals surface area contributed by atoms with Crippen LogP contribution in [-0.2, 0) is 6.42 Å². The normalized spacial score (nSPS) is 12.2. The van der Waals surface area contributed by atoms with Crippen molar-refractivity contribution in [2.24, 2.45) is 0 Å². The second-order valence-electron chi connectivity index (χ2n) is 4.84. The predicted molar refractivity (Wildman–Crippen MR) is 80.1 cm³/mol. The van der Waals surface area contributed by atoms with Crippen molar-refractivity contribution in [3.05, 3.63) is 51.5 Å². The van der Waals surface area contributed by atoms with Gasteiger partial charge in [0, 0.05) is 23.1 Å². The molecule has 0 saturated carbocycles. The zero-order valence-electron chi connectivity index (χ0n) is 11.6. The van der Waals surface area contributed by atoms with Gasteiger partial charge >= 0.3 is 0 Å². The summed E-state index contributed by atoms with van der Waals surface area (Å²) in [5, 5.41) is 12.3. The molecule has 20 heavy (non-hydrogen) atoms. The third-order valence-electron chi connectivity index (χ3n) is 3.11.